The molecule has 2 N–H and O–H groups in total. The average Bonchev–Trinajstić information content (AvgIpc) is 3.09. The molecule has 0 aliphatic carbocycles. The molecule has 0 bridgehead atoms. The van der Waals surface area contributed by atoms with Crippen LogP contribution in [-0.2, 0) is 29.0 Å². The third-order valence-corrected chi connectivity index (χ3v) is 5.00. The number of benzene rings is 1. The van der Waals surface area contributed by atoms with Gasteiger partial charge in [-0.05, 0) is 30.5 Å². The summed E-state index contributed by atoms with van der Waals surface area (Å²) in [6.07, 6.45) is 0.225. The van der Waals surface area contributed by atoms with Crippen molar-refractivity contribution in [2.75, 3.05) is 19.0 Å². The summed E-state index contributed by atoms with van der Waals surface area (Å²) in [5.74, 6) is -0.260. The van der Waals surface area contributed by atoms with E-state index in [0.717, 1.165) is 5.56 Å². The number of nitrogens with one attached hydrogen (secondary N) is 2. The number of imidazole rings is 1. The molecule has 32 heavy (non-hydrogen) atoms. The van der Waals surface area contributed by atoms with Crippen LogP contribution in [0.4, 0.5) is 10.1 Å². The largest absolute Gasteiger partial charge is 0.383 e. The van der Waals surface area contributed by atoms with Gasteiger partial charge in [-0.3, -0.25) is 19.1 Å². The second-order valence-corrected chi connectivity index (χ2v) is 8.14. The highest BCUT2D eigenvalue weighted by atomic mass is 19.1. The van der Waals surface area contributed by atoms with Crippen molar-refractivity contribution < 1.29 is 13.9 Å². The molecule has 0 fully saturated rings. The first kappa shape index (κ1) is 23.4. The van der Waals surface area contributed by atoms with Gasteiger partial charge in [-0.25, -0.2) is 14.2 Å². The Hall–Kier alpha value is -3.27. The molecule has 9 nitrogen and oxygen atoms in total. The molecule has 0 unspecified atom stereocenters. The summed E-state index contributed by atoms with van der Waals surface area (Å²) < 4.78 is 22.2. The van der Waals surface area contributed by atoms with E-state index in [1.165, 1.54) is 10.6 Å². The van der Waals surface area contributed by atoms with E-state index < -0.39 is 17.1 Å². The second kappa shape index (κ2) is 9.90. The number of nitrogens with zero attached hydrogens (tertiary/aromatic N) is 3. The lowest BCUT2D eigenvalue weighted by Crippen LogP contribution is -2.32. The first-order chi connectivity index (χ1) is 15.2. The van der Waals surface area contributed by atoms with Gasteiger partial charge in [0.2, 0.25) is 5.91 Å². The van der Waals surface area contributed by atoms with Gasteiger partial charge in [0.05, 0.1) is 12.3 Å². The Labute approximate surface area is 184 Å². The fraction of sp³-hybridized carbons (Fsp3) is 0.455. The van der Waals surface area contributed by atoms with Crippen molar-refractivity contribution in [2.45, 2.75) is 46.7 Å². The molecule has 0 spiro atoms. The molecule has 2 heterocycles. The van der Waals surface area contributed by atoms with Crippen LogP contribution in [0.2, 0.25) is 0 Å². The molecule has 1 aromatic carbocycles. The van der Waals surface area contributed by atoms with Gasteiger partial charge in [0.25, 0.3) is 5.56 Å². The van der Waals surface area contributed by atoms with Gasteiger partial charge in [-0.15, -0.1) is 0 Å². The summed E-state index contributed by atoms with van der Waals surface area (Å²) in [6.45, 7) is 6.77. The standard InChI is InChI=1S/C22H28FN5O4/c1-13(2)12-28-20-19(21(30)26-22(28)31)27(9-10-32-4)17(25-20)7-8-18(29)24-16-11-14(3)5-6-15(16)23/h5-6,11,13H,7-10,12H2,1-4H3,(H,24,29)(H,26,30,31). The topological polar surface area (TPSA) is 111 Å². The van der Waals surface area contributed by atoms with E-state index in [4.69, 9.17) is 4.74 Å². The lowest BCUT2D eigenvalue weighted by atomic mass is 10.2. The zero-order valence-electron chi connectivity index (χ0n) is 18.7. The summed E-state index contributed by atoms with van der Waals surface area (Å²) in [5, 5.41) is 2.58. The number of amides is 1. The van der Waals surface area contributed by atoms with Crippen LogP contribution in [0.1, 0.15) is 31.7 Å². The Bertz CT molecular complexity index is 1240. The quantitative estimate of drug-likeness (QED) is 0.525. The van der Waals surface area contributed by atoms with Crippen LogP contribution < -0.4 is 16.6 Å². The van der Waals surface area contributed by atoms with Crippen LogP contribution >= 0.6 is 0 Å². The van der Waals surface area contributed by atoms with Crippen molar-refractivity contribution in [2.24, 2.45) is 5.92 Å². The van der Waals surface area contributed by atoms with Gasteiger partial charge in [0.1, 0.15) is 11.6 Å². The number of rotatable bonds is 9. The maximum absolute atomic E-state index is 14.0. The highest BCUT2D eigenvalue weighted by Gasteiger charge is 2.20. The first-order valence-corrected chi connectivity index (χ1v) is 10.5. The molecule has 0 saturated carbocycles. The lowest BCUT2D eigenvalue weighted by molar-refractivity contribution is -0.116. The highest BCUT2D eigenvalue weighted by molar-refractivity contribution is 5.91. The van der Waals surface area contributed by atoms with Crippen molar-refractivity contribution in [3.63, 3.8) is 0 Å². The number of ether oxygens (including phenoxy) is 1. The normalized spacial score (nSPS) is 11.4. The van der Waals surface area contributed by atoms with Gasteiger partial charge >= 0.3 is 5.69 Å². The van der Waals surface area contributed by atoms with E-state index in [2.05, 4.69) is 15.3 Å². The molecule has 2 aromatic heterocycles. The minimum Gasteiger partial charge on any atom is -0.383 e. The van der Waals surface area contributed by atoms with Gasteiger partial charge < -0.3 is 14.6 Å². The van der Waals surface area contributed by atoms with Crippen LogP contribution in [-0.4, -0.2) is 38.7 Å². The molecule has 1 amide bonds. The minimum absolute atomic E-state index is 0.0238. The lowest BCUT2D eigenvalue weighted by Gasteiger charge is -2.10. The van der Waals surface area contributed by atoms with Crippen molar-refractivity contribution in [3.8, 4) is 0 Å². The number of anilines is 1. The molecule has 3 rings (SSSR count). The van der Waals surface area contributed by atoms with Crippen LogP contribution in [0.15, 0.2) is 27.8 Å². The smallest absolute Gasteiger partial charge is 0.330 e. The Balaban J connectivity index is 1.93. The van der Waals surface area contributed by atoms with Gasteiger partial charge in [0.15, 0.2) is 11.2 Å². The number of hydrogen-bond acceptors (Lipinski definition) is 5. The predicted octanol–water partition coefficient (Wildman–Crippen LogP) is 2.21. The minimum atomic E-state index is -0.536. The SMILES string of the molecule is COCCn1c(CCC(=O)Nc2cc(C)ccc2F)nc2c1c(=O)[nH]c(=O)n2CC(C)C. The molecule has 172 valence electrons. The maximum atomic E-state index is 14.0. The van der Waals surface area contributed by atoms with E-state index in [1.807, 2.05) is 20.8 Å². The number of carbonyl (C=O) groups excluding carboxylic acids is 1. The monoisotopic (exact) mass is 445 g/mol. The summed E-state index contributed by atoms with van der Waals surface area (Å²) in [7, 11) is 1.54. The molecular weight excluding hydrogens is 417 g/mol. The Morgan fingerprint density at radius 2 is 2.03 bits per heavy atom. The summed E-state index contributed by atoms with van der Waals surface area (Å²) in [4.78, 5) is 44.3. The third kappa shape index (κ3) is 5.13. The van der Waals surface area contributed by atoms with E-state index >= 15 is 0 Å². The van der Waals surface area contributed by atoms with E-state index in [9.17, 15) is 18.8 Å². The van der Waals surface area contributed by atoms with Crippen LogP contribution in [0.5, 0.6) is 0 Å². The van der Waals surface area contributed by atoms with Gasteiger partial charge in [-0.2, -0.15) is 0 Å². The van der Waals surface area contributed by atoms with Gasteiger partial charge in [-0.1, -0.05) is 19.9 Å². The number of fused-ring (bicyclic) bond motifs is 1. The molecule has 3 aromatic rings. The second-order valence-electron chi connectivity index (χ2n) is 8.14. The summed E-state index contributed by atoms with van der Waals surface area (Å²) >= 11 is 0. The molecule has 0 aliphatic rings. The van der Waals surface area contributed by atoms with E-state index in [-0.39, 0.29) is 41.5 Å². The number of H-pyrrole nitrogens is 1. The molecule has 0 aliphatic heterocycles. The van der Waals surface area contributed by atoms with Crippen LogP contribution in [0.25, 0.3) is 11.2 Å². The molecule has 0 radical (unpaired) electrons. The summed E-state index contributed by atoms with van der Waals surface area (Å²) in [6, 6.07) is 4.48. The third-order valence-electron chi connectivity index (χ3n) is 5.00. The molecule has 10 heteroatoms. The summed E-state index contributed by atoms with van der Waals surface area (Å²) in [5.41, 5.74) is 0.430. The number of aromatic amines is 1. The Morgan fingerprint density at radius 3 is 2.72 bits per heavy atom. The predicted molar refractivity (Wildman–Crippen MR) is 119 cm³/mol. The maximum Gasteiger partial charge on any atom is 0.330 e. The fourth-order valence-corrected chi connectivity index (χ4v) is 3.54. The highest BCUT2D eigenvalue weighted by Crippen LogP contribution is 2.17. The molecule has 0 saturated heterocycles. The average molecular weight is 445 g/mol. The zero-order valence-corrected chi connectivity index (χ0v) is 18.7. The number of halogens is 1. The number of aromatic nitrogens is 4. The van der Waals surface area contributed by atoms with Crippen LogP contribution in [0.3, 0.4) is 0 Å². The Kier molecular flexibility index (Phi) is 7.24. The van der Waals surface area contributed by atoms with E-state index in [1.54, 1.807) is 23.8 Å². The number of methoxy groups -OCH3 is 1. The first-order valence-electron chi connectivity index (χ1n) is 10.5. The van der Waals surface area contributed by atoms with Crippen molar-refractivity contribution in [3.05, 3.63) is 56.2 Å². The number of carbonyl (C=O) groups is 1. The van der Waals surface area contributed by atoms with Crippen LogP contribution in [0, 0.1) is 18.7 Å². The fourth-order valence-electron chi connectivity index (χ4n) is 3.54. The Morgan fingerprint density at radius 1 is 1.28 bits per heavy atom. The molecular formula is C22H28FN5O4. The zero-order chi connectivity index (χ0) is 23.4. The van der Waals surface area contributed by atoms with Gasteiger partial charge in [0, 0.05) is 33.0 Å². The van der Waals surface area contributed by atoms with E-state index in [0.29, 0.717) is 25.5 Å². The number of hydrogen-bond donors (Lipinski definition) is 2. The van der Waals surface area contributed by atoms with Crippen molar-refractivity contribution in [1.82, 2.24) is 19.1 Å². The van der Waals surface area contributed by atoms with Crippen molar-refractivity contribution in [1.29, 1.82) is 0 Å². The van der Waals surface area contributed by atoms with Crippen molar-refractivity contribution >= 4 is 22.8 Å². The number of aryl methyl sites for hydroxylation is 2. The molecule has 0 atom stereocenters.